The zero-order valence-electron chi connectivity index (χ0n) is 17.5. The normalized spacial score (nSPS) is 15.1. The van der Waals surface area contributed by atoms with Crippen LogP contribution in [-0.4, -0.2) is 30.3 Å². The van der Waals surface area contributed by atoms with E-state index in [4.69, 9.17) is 14.9 Å². The van der Waals surface area contributed by atoms with Crippen molar-refractivity contribution in [3.05, 3.63) is 45.1 Å². The lowest BCUT2D eigenvalue weighted by Gasteiger charge is -2.18. The Hall–Kier alpha value is -1.88. The monoisotopic (exact) mass is 479 g/mol. The van der Waals surface area contributed by atoms with E-state index in [0.717, 1.165) is 51.5 Å². The highest BCUT2D eigenvalue weighted by Crippen LogP contribution is 2.34. The van der Waals surface area contributed by atoms with Crippen molar-refractivity contribution in [1.82, 2.24) is 9.55 Å². The molecule has 0 atom stereocenters. The third-order valence-electron chi connectivity index (χ3n) is 5.63. The van der Waals surface area contributed by atoms with E-state index in [-0.39, 0.29) is 16.5 Å². The van der Waals surface area contributed by atoms with Gasteiger partial charge in [0.2, 0.25) is 10.0 Å². The molecule has 4 rings (SSSR count). The van der Waals surface area contributed by atoms with Gasteiger partial charge in [-0.05, 0) is 56.5 Å². The molecule has 2 aromatic heterocycles. The molecule has 3 aromatic rings. The van der Waals surface area contributed by atoms with Gasteiger partial charge in [-0.3, -0.25) is 9.36 Å². The Morgan fingerprint density at radius 2 is 1.90 bits per heavy atom. The van der Waals surface area contributed by atoms with Crippen molar-refractivity contribution in [2.45, 2.75) is 55.6 Å². The molecule has 0 aliphatic heterocycles. The van der Waals surface area contributed by atoms with Gasteiger partial charge in [0.25, 0.3) is 5.56 Å². The molecule has 1 aliphatic rings. The fourth-order valence-corrected chi connectivity index (χ4v) is 6.36. The van der Waals surface area contributed by atoms with E-state index in [9.17, 15) is 13.2 Å². The minimum absolute atomic E-state index is 0.0499. The number of fused-ring (bicyclic) bond motifs is 1. The van der Waals surface area contributed by atoms with E-state index in [2.05, 4.69) is 0 Å². The number of hydrogen-bond donors (Lipinski definition) is 1. The average molecular weight is 480 g/mol. The summed E-state index contributed by atoms with van der Waals surface area (Å²) in [5.41, 5.74) is 1.10. The standard InChI is InChI=1S/C21H25N3O4S3/c1-13-14(2)30-19-18(13)20(25)24(15-5-3-4-6-15)21(23-19)29-12-11-28-16-7-9-17(10-8-16)31(22,26)27/h7-10,15H,3-6,11-12H2,1-2H3,(H2,22,26,27). The number of nitrogens with two attached hydrogens (primary N) is 1. The number of aromatic nitrogens is 2. The lowest BCUT2D eigenvalue weighted by molar-refractivity contribution is 0.343. The molecule has 0 saturated heterocycles. The number of rotatable bonds is 7. The van der Waals surface area contributed by atoms with Crippen molar-refractivity contribution >= 4 is 43.3 Å². The molecule has 166 valence electrons. The van der Waals surface area contributed by atoms with Crippen LogP contribution in [0.15, 0.2) is 39.1 Å². The second kappa shape index (κ2) is 8.93. The summed E-state index contributed by atoms with van der Waals surface area (Å²) in [6.07, 6.45) is 4.29. The fraction of sp³-hybridized carbons (Fsp3) is 0.429. The highest BCUT2D eigenvalue weighted by Gasteiger charge is 2.24. The Morgan fingerprint density at radius 3 is 2.55 bits per heavy atom. The third kappa shape index (κ3) is 4.67. The summed E-state index contributed by atoms with van der Waals surface area (Å²) in [5, 5.41) is 6.62. The Labute approximate surface area is 189 Å². The largest absolute Gasteiger partial charge is 0.493 e. The minimum atomic E-state index is -3.72. The van der Waals surface area contributed by atoms with E-state index in [1.165, 1.54) is 23.9 Å². The van der Waals surface area contributed by atoms with Gasteiger partial charge in [-0.2, -0.15) is 0 Å². The molecule has 1 aliphatic carbocycles. The summed E-state index contributed by atoms with van der Waals surface area (Å²) in [5.74, 6) is 1.18. The molecule has 0 unspecified atom stereocenters. The second-order valence-electron chi connectivity index (χ2n) is 7.68. The zero-order valence-corrected chi connectivity index (χ0v) is 19.9. The van der Waals surface area contributed by atoms with Crippen LogP contribution in [0.2, 0.25) is 0 Å². The molecule has 1 aromatic carbocycles. The lowest BCUT2D eigenvalue weighted by atomic mass is 10.2. The van der Waals surface area contributed by atoms with Crippen molar-refractivity contribution in [2.24, 2.45) is 5.14 Å². The number of aryl methyl sites for hydroxylation is 2. The first-order chi connectivity index (χ1) is 14.8. The van der Waals surface area contributed by atoms with Crippen LogP contribution in [0.3, 0.4) is 0 Å². The van der Waals surface area contributed by atoms with Gasteiger partial charge < -0.3 is 4.74 Å². The maximum atomic E-state index is 13.4. The van der Waals surface area contributed by atoms with E-state index in [1.54, 1.807) is 23.5 Å². The predicted molar refractivity (Wildman–Crippen MR) is 125 cm³/mol. The molecule has 0 amide bonds. The predicted octanol–water partition coefficient (Wildman–Crippen LogP) is 4.01. The first-order valence-corrected chi connectivity index (χ1v) is 13.5. The molecule has 2 heterocycles. The third-order valence-corrected chi connectivity index (χ3v) is 8.58. The molecular formula is C21H25N3O4S3. The summed E-state index contributed by atoms with van der Waals surface area (Å²) in [7, 11) is -3.72. The van der Waals surface area contributed by atoms with Crippen LogP contribution >= 0.6 is 23.1 Å². The Kier molecular flexibility index (Phi) is 6.43. The number of thiophene rings is 1. The quantitative estimate of drug-likeness (QED) is 0.312. The number of benzene rings is 1. The second-order valence-corrected chi connectivity index (χ2v) is 11.5. The molecular weight excluding hydrogens is 454 g/mol. The van der Waals surface area contributed by atoms with Gasteiger partial charge in [-0.1, -0.05) is 24.6 Å². The summed E-state index contributed by atoms with van der Waals surface area (Å²) in [4.78, 5) is 20.2. The first-order valence-electron chi connectivity index (χ1n) is 10.2. The Morgan fingerprint density at radius 1 is 1.23 bits per heavy atom. The van der Waals surface area contributed by atoms with Gasteiger partial charge in [0.15, 0.2) is 5.16 Å². The highest BCUT2D eigenvalue weighted by molar-refractivity contribution is 7.99. The smallest absolute Gasteiger partial charge is 0.263 e. The molecule has 0 bridgehead atoms. The lowest BCUT2D eigenvalue weighted by Crippen LogP contribution is -2.26. The number of hydrogen-bond acceptors (Lipinski definition) is 7. The fourth-order valence-electron chi connectivity index (χ4n) is 3.89. The minimum Gasteiger partial charge on any atom is -0.493 e. The van der Waals surface area contributed by atoms with Gasteiger partial charge in [0.1, 0.15) is 10.6 Å². The van der Waals surface area contributed by atoms with Crippen LogP contribution in [0.1, 0.15) is 42.2 Å². The van der Waals surface area contributed by atoms with Crippen LogP contribution in [0.25, 0.3) is 10.2 Å². The van der Waals surface area contributed by atoms with Gasteiger partial charge >= 0.3 is 0 Å². The number of ether oxygens (including phenoxy) is 1. The van der Waals surface area contributed by atoms with Crippen molar-refractivity contribution < 1.29 is 13.2 Å². The maximum Gasteiger partial charge on any atom is 0.263 e. The Bertz CT molecular complexity index is 1260. The van der Waals surface area contributed by atoms with Gasteiger partial charge in [0.05, 0.1) is 16.9 Å². The summed E-state index contributed by atoms with van der Waals surface area (Å²) in [6, 6.07) is 6.22. The van der Waals surface area contributed by atoms with Crippen LogP contribution < -0.4 is 15.4 Å². The van der Waals surface area contributed by atoms with E-state index in [0.29, 0.717) is 18.1 Å². The number of sulfonamides is 1. The molecule has 1 saturated carbocycles. The molecule has 0 radical (unpaired) electrons. The summed E-state index contributed by atoms with van der Waals surface area (Å²) < 4.78 is 30.3. The van der Waals surface area contributed by atoms with Gasteiger partial charge in [-0.25, -0.2) is 18.5 Å². The molecule has 2 N–H and O–H groups in total. The van der Waals surface area contributed by atoms with Crippen molar-refractivity contribution in [1.29, 1.82) is 0 Å². The van der Waals surface area contributed by atoms with Crippen molar-refractivity contribution in [3.63, 3.8) is 0 Å². The van der Waals surface area contributed by atoms with E-state index < -0.39 is 10.0 Å². The van der Waals surface area contributed by atoms with Crippen molar-refractivity contribution in [2.75, 3.05) is 12.4 Å². The molecule has 10 heteroatoms. The van der Waals surface area contributed by atoms with E-state index in [1.807, 2.05) is 18.4 Å². The van der Waals surface area contributed by atoms with Crippen LogP contribution in [-0.2, 0) is 10.0 Å². The van der Waals surface area contributed by atoms with Gasteiger partial charge in [-0.15, -0.1) is 11.3 Å². The average Bonchev–Trinajstić information content (AvgIpc) is 3.33. The number of thioether (sulfide) groups is 1. The first kappa shape index (κ1) is 22.3. The van der Waals surface area contributed by atoms with Crippen LogP contribution in [0, 0.1) is 13.8 Å². The highest BCUT2D eigenvalue weighted by atomic mass is 32.2. The number of primary sulfonamides is 1. The van der Waals surface area contributed by atoms with E-state index >= 15 is 0 Å². The molecule has 0 spiro atoms. The van der Waals surface area contributed by atoms with Crippen LogP contribution in [0.5, 0.6) is 5.75 Å². The molecule has 31 heavy (non-hydrogen) atoms. The molecule has 1 fully saturated rings. The Balaban J connectivity index is 1.51. The summed E-state index contributed by atoms with van der Waals surface area (Å²) >= 11 is 3.09. The maximum absolute atomic E-state index is 13.4. The van der Waals surface area contributed by atoms with Gasteiger partial charge in [0, 0.05) is 16.7 Å². The zero-order chi connectivity index (χ0) is 22.2. The van der Waals surface area contributed by atoms with Crippen molar-refractivity contribution in [3.8, 4) is 5.75 Å². The number of nitrogens with zero attached hydrogens (tertiary/aromatic N) is 2. The topological polar surface area (TPSA) is 104 Å². The summed E-state index contributed by atoms with van der Waals surface area (Å²) in [6.45, 7) is 4.43. The molecule has 7 nitrogen and oxygen atoms in total. The van der Waals surface area contributed by atoms with Crippen LogP contribution in [0.4, 0.5) is 0 Å². The SMILES string of the molecule is Cc1sc2nc(SCCOc3ccc(S(N)(=O)=O)cc3)n(C3CCCC3)c(=O)c2c1C.